The monoisotopic (exact) mass is 249 g/mol. The van der Waals surface area contributed by atoms with Gasteiger partial charge in [0.15, 0.2) is 0 Å². The minimum atomic E-state index is -0.0954. The number of hydrogen-bond acceptors (Lipinski definition) is 1. The lowest BCUT2D eigenvalue weighted by molar-refractivity contribution is 0.403. The van der Waals surface area contributed by atoms with Crippen LogP contribution in [0.1, 0.15) is 46.2 Å². The molecule has 1 aliphatic rings. The molecule has 0 bridgehead atoms. The number of benzene rings is 1. The molecule has 18 heavy (non-hydrogen) atoms. The highest BCUT2D eigenvalue weighted by Gasteiger charge is 2.67. The lowest BCUT2D eigenvalue weighted by Crippen LogP contribution is -2.26. The van der Waals surface area contributed by atoms with E-state index in [9.17, 15) is 4.39 Å². The molecule has 0 aromatic heterocycles. The Balaban J connectivity index is 2.35. The SMILES string of the molecule is CCNC(c1ccccc1F)C1C(C)(C)C1(C)C. The summed E-state index contributed by atoms with van der Waals surface area (Å²) in [6.07, 6.45) is 0. The van der Waals surface area contributed by atoms with Crippen LogP contribution in [0.2, 0.25) is 0 Å². The first-order chi connectivity index (χ1) is 8.34. The van der Waals surface area contributed by atoms with E-state index >= 15 is 0 Å². The Morgan fingerprint density at radius 2 is 1.72 bits per heavy atom. The van der Waals surface area contributed by atoms with Crippen molar-refractivity contribution in [3.8, 4) is 0 Å². The third-order valence-corrected chi connectivity index (χ3v) is 5.13. The highest BCUT2D eigenvalue weighted by Crippen LogP contribution is 2.72. The smallest absolute Gasteiger partial charge is 0.127 e. The summed E-state index contributed by atoms with van der Waals surface area (Å²) in [6, 6.07) is 7.26. The fourth-order valence-corrected chi connectivity index (χ4v) is 3.44. The average molecular weight is 249 g/mol. The van der Waals surface area contributed by atoms with Gasteiger partial charge in [0.2, 0.25) is 0 Å². The zero-order chi connectivity index (χ0) is 13.6. The Kier molecular flexibility index (Phi) is 3.26. The Bertz CT molecular complexity index is 422. The molecule has 1 saturated carbocycles. The molecule has 1 N–H and O–H groups in total. The molecule has 0 radical (unpaired) electrons. The molecule has 0 saturated heterocycles. The summed E-state index contributed by atoms with van der Waals surface area (Å²) in [6.45, 7) is 12.1. The van der Waals surface area contributed by atoms with Crippen molar-refractivity contribution in [1.82, 2.24) is 5.32 Å². The topological polar surface area (TPSA) is 12.0 Å². The van der Waals surface area contributed by atoms with Crippen molar-refractivity contribution in [1.29, 1.82) is 0 Å². The van der Waals surface area contributed by atoms with E-state index in [4.69, 9.17) is 0 Å². The molecule has 1 fully saturated rings. The van der Waals surface area contributed by atoms with Crippen LogP contribution in [0.15, 0.2) is 24.3 Å². The van der Waals surface area contributed by atoms with E-state index < -0.39 is 0 Å². The molecule has 0 spiro atoms. The predicted octanol–water partition coefficient (Wildman–Crippen LogP) is 4.16. The maximum Gasteiger partial charge on any atom is 0.127 e. The minimum Gasteiger partial charge on any atom is -0.310 e. The molecule has 0 amide bonds. The number of nitrogens with one attached hydrogen (secondary N) is 1. The second-order valence-corrected chi connectivity index (χ2v) is 6.48. The van der Waals surface area contributed by atoms with E-state index in [1.54, 1.807) is 12.1 Å². The van der Waals surface area contributed by atoms with E-state index in [1.807, 2.05) is 12.1 Å². The van der Waals surface area contributed by atoms with Crippen LogP contribution in [-0.4, -0.2) is 6.54 Å². The van der Waals surface area contributed by atoms with Crippen molar-refractivity contribution in [3.05, 3.63) is 35.6 Å². The van der Waals surface area contributed by atoms with Crippen LogP contribution in [0, 0.1) is 22.6 Å². The first-order valence-electron chi connectivity index (χ1n) is 6.82. The molecule has 2 heteroatoms. The van der Waals surface area contributed by atoms with Crippen molar-refractivity contribution in [2.75, 3.05) is 6.54 Å². The predicted molar refractivity (Wildman–Crippen MR) is 73.9 cm³/mol. The van der Waals surface area contributed by atoms with Crippen molar-refractivity contribution < 1.29 is 4.39 Å². The zero-order valence-electron chi connectivity index (χ0n) is 12.0. The average Bonchev–Trinajstić information content (AvgIpc) is 2.68. The van der Waals surface area contributed by atoms with Gasteiger partial charge in [-0.15, -0.1) is 0 Å². The summed E-state index contributed by atoms with van der Waals surface area (Å²) in [7, 11) is 0. The van der Waals surface area contributed by atoms with Crippen LogP contribution in [0.5, 0.6) is 0 Å². The van der Waals surface area contributed by atoms with Gasteiger partial charge in [0.05, 0.1) is 0 Å². The van der Waals surface area contributed by atoms with Crippen LogP contribution in [0.3, 0.4) is 0 Å². The quantitative estimate of drug-likeness (QED) is 0.845. The van der Waals surface area contributed by atoms with Gasteiger partial charge >= 0.3 is 0 Å². The lowest BCUT2D eigenvalue weighted by Gasteiger charge is -2.21. The first-order valence-corrected chi connectivity index (χ1v) is 6.82. The van der Waals surface area contributed by atoms with Crippen molar-refractivity contribution in [3.63, 3.8) is 0 Å². The largest absolute Gasteiger partial charge is 0.310 e. The third-order valence-electron chi connectivity index (χ3n) is 5.13. The number of hydrogen-bond donors (Lipinski definition) is 1. The van der Waals surface area contributed by atoms with Gasteiger partial charge in [-0.05, 0) is 29.4 Å². The molecule has 0 aliphatic heterocycles. The van der Waals surface area contributed by atoms with Gasteiger partial charge in [-0.1, -0.05) is 52.8 Å². The van der Waals surface area contributed by atoms with Gasteiger partial charge in [-0.25, -0.2) is 4.39 Å². The molecule has 1 nitrogen and oxygen atoms in total. The van der Waals surface area contributed by atoms with Crippen LogP contribution < -0.4 is 5.32 Å². The van der Waals surface area contributed by atoms with E-state index in [0.29, 0.717) is 5.92 Å². The maximum absolute atomic E-state index is 14.0. The summed E-state index contributed by atoms with van der Waals surface area (Å²) in [5.74, 6) is 0.379. The molecule has 1 aliphatic carbocycles. The number of halogens is 1. The fourth-order valence-electron chi connectivity index (χ4n) is 3.44. The summed E-state index contributed by atoms with van der Waals surface area (Å²) in [5, 5.41) is 3.47. The second-order valence-electron chi connectivity index (χ2n) is 6.48. The van der Waals surface area contributed by atoms with Crippen molar-refractivity contribution in [2.24, 2.45) is 16.7 Å². The van der Waals surface area contributed by atoms with Gasteiger partial charge in [-0.2, -0.15) is 0 Å². The van der Waals surface area contributed by atoms with Gasteiger partial charge in [0.25, 0.3) is 0 Å². The summed E-state index contributed by atoms with van der Waals surface area (Å²) >= 11 is 0. The van der Waals surface area contributed by atoms with Crippen molar-refractivity contribution >= 4 is 0 Å². The molecule has 1 atom stereocenters. The molecular weight excluding hydrogens is 225 g/mol. The molecule has 1 aromatic rings. The highest BCUT2D eigenvalue weighted by molar-refractivity contribution is 5.28. The van der Waals surface area contributed by atoms with Crippen LogP contribution >= 0.6 is 0 Å². The van der Waals surface area contributed by atoms with Crippen LogP contribution in [0.25, 0.3) is 0 Å². The maximum atomic E-state index is 14.0. The van der Waals surface area contributed by atoms with E-state index in [0.717, 1.165) is 12.1 Å². The zero-order valence-corrected chi connectivity index (χ0v) is 12.0. The molecule has 1 aromatic carbocycles. The fraction of sp³-hybridized carbons (Fsp3) is 0.625. The van der Waals surface area contributed by atoms with Gasteiger partial charge < -0.3 is 5.32 Å². The highest BCUT2D eigenvalue weighted by atomic mass is 19.1. The Morgan fingerprint density at radius 1 is 1.17 bits per heavy atom. The Labute approximate surface area is 110 Å². The normalized spacial score (nSPS) is 22.8. The van der Waals surface area contributed by atoms with E-state index in [1.165, 1.54) is 0 Å². The van der Waals surface area contributed by atoms with Gasteiger partial charge in [-0.3, -0.25) is 0 Å². The Hall–Kier alpha value is -0.890. The van der Waals surface area contributed by atoms with Crippen LogP contribution in [0.4, 0.5) is 4.39 Å². The van der Waals surface area contributed by atoms with Gasteiger partial charge in [0.1, 0.15) is 5.82 Å². The lowest BCUT2D eigenvalue weighted by atomic mass is 9.96. The molecule has 100 valence electrons. The Morgan fingerprint density at radius 3 is 2.17 bits per heavy atom. The first kappa shape index (κ1) is 13.5. The summed E-state index contributed by atoms with van der Waals surface area (Å²) in [4.78, 5) is 0. The molecule has 0 heterocycles. The standard InChI is InChI=1S/C16H24FN/c1-6-18-13(11-9-7-8-10-12(11)17)14-15(2,3)16(14,4)5/h7-10,13-14,18H,6H2,1-5H3. The summed E-state index contributed by atoms with van der Waals surface area (Å²) in [5.41, 5.74) is 1.31. The molecular formula is C16H24FN. The summed E-state index contributed by atoms with van der Waals surface area (Å²) < 4.78 is 14.0. The van der Waals surface area contributed by atoms with Gasteiger partial charge in [0, 0.05) is 11.6 Å². The van der Waals surface area contributed by atoms with Crippen LogP contribution in [-0.2, 0) is 0 Å². The number of rotatable bonds is 4. The van der Waals surface area contributed by atoms with Crippen molar-refractivity contribution in [2.45, 2.75) is 40.7 Å². The second kappa shape index (κ2) is 4.34. The van der Waals surface area contributed by atoms with E-state index in [2.05, 4.69) is 39.9 Å². The van der Waals surface area contributed by atoms with E-state index in [-0.39, 0.29) is 22.7 Å². The third kappa shape index (κ3) is 1.87. The molecule has 1 unspecified atom stereocenters. The minimum absolute atomic E-state index is 0.0954. The molecule has 2 rings (SSSR count).